The van der Waals surface area contributed by atoms with Crippen LogP contribution in [0.5, 0.6) is 0 Å². The van der Waals surface area contributed by atoms with Crippen molar-refractivity contribution in [3.63, 3.8) is 0 Å². The van der Waals surface area contributed by atoms with Gasteiger partial charge >= 0.3 is 0 Å². The van der Waals surface area contributed by atoms with Crippen molar-refractivity contribution >= 4 is 18.5 Å². The average Bonchev–Trinajstić information content (AvgIpc) is 2.45. The minimum Gasteiger partial charge on any atom is -0.304 e. The fourth-order valence-corrected chi connectivity index (χ4v) is 1.33. The van der Waals surface area contributed by atoms with Crippen LogP contribution < -0.4 is 0 Å². The molecule has 0 aromatic rings. The summed E-state index contributed by atoms with van der Waals surface area (Å²) >= 11 is 0. The lowest BCUT2D eigenvalue weighted by Crippen LogP contribution is -2.43. The first-order valence-electron chi connectivity index (χ1n) is 3.60. The number of hydrogen-bond donors (Lipinski definition) is 0. The second kappa shape index (κ2) is 2.15. The summed E-state index contributed by atoms with van der Waals surface area (Å²) in [4.78, 5) is 21.1. The van der Waals surface area contributed by atoms with Crippen molar-refractivity contribution in [3.8, 4) is 0 Å². The number of amides is 1. The molecule has 2 aliphatic rings. The van der Waals surface area contributed by atoms with Crippen LogP contribution in [0.2, 0.25) is 0 Å². The van der Waals surface area contributed by atoms with Crippen molar-refractivity contribution < 1.29 is 4.79 Å². The molecule has 2 rings (SSSR count). The summed E-state index contributed by atoms with van der Waals surface area (Å²) in [5.41, 5.74) is 0. The fraction of sp³-hybridized carbons (Fsp3) is 0.571. The van der Waals surface area contributed by atoms with Crippen molar-refractivity contribution in [3.05, 3.63) is 0 Å². The van der Waals surface area contributed by atoms with Gasteiger partial charge in [-0.2, -0.15) is 0 Å². The Morgan fingerprint density at radius 1 is 1.64 bits per heavy atom. The maximum Gasteiger partial charge on any atom is 0.254 e. The van der Waals surface area contributed by atoms with Gasteiger partial charge in [0.2, 0.25) is 0 Å². The van der Waals surface area contributed by atoms with E-state index in [2.05, 4.69) is 9.98 Å². The molecule has 0 saturated carbocycles. The molecule has 4 heteroatoms. The van der Waals surface area contributed by atoms with E-state index < -0.39 is 0 Å². The maximum absolute atomic E-state index is 11.3. The van der Waals surface area contributed by atoms with Crippen molar-refractivity contribution in [1.29, 1.82) is 0 Å². The minimum absolute atomic E-state index is 0.0544. The van der Waals surface area contributed by atoms with Crippen LogP contribution in [-0.2, 0) is 4.79 Å². The Kier molecular flexibility index (Phi) is 1.27. The summed E-state index contributed by atoms with van der Waals surface area (Å²) in [6.07, 6.45) is 4.17. The Labute approximate surface area is 64.6 Å². The Hall–Kier alpha value is -1.19. The Balaban J connectivity index is 2.30. The van der Waals surface area contributed by atoms with Gasteiger partial charge in [-0.15, -0.1) is 0 Å². The van der Waals surface area contributed by atoms with Crippen LogP contribution >= 0.6 is 0 Å². The third-order valence-corrected chi connectivity index (χ3v) is 2.01. The standard InChI is InChI=1S/C7H9N3O/c1-10-4-9-5-2-3-8-6(5)7(10)11/h3-6H,2H2,1H3. The van der Waals surface area contributed by atoms with E-state index in [1.165, 1.54) is 4.90 Å². The van der Waals surface area contributed by atoms with Crippen LogP contribution in [-0.4, -0.2) is 42.5 Å². The average molecular weight is 151 g/mol. The lowest BCUT2D eigenvalue weighted by atomic mass is 10.1. The van der Waals surface area contributed by atoms with E-state index in [-0.39, 0.29) is 18.0 Å². The molecule has 0 bridgehead atoms. The Morgan fingerprint density at radius 3 is 3.27 bits per heavy atom. The van der Waals surface area contributed by atoms with E-state index in [0.717, 1.165) is 6.42 Å². The summed E-state index contributed by atoms with van der Waals surface area (Å²) in [5.74, 6) is 0.0544. The Bertz CT molecular complexity index is 246. The first-order chi connectivity index (χ1) is 5.29. The molecule has 0 fully saturated rings. The number of hydrogen-bond acceptors (Lipinski definition) is 3. The molecule has 0 aromatic carbocycles. The van der Waals surface area contributed by atoms with Gasteiger partial charge in [0.1, 0.15) is 0 Å². The summed E-state index contributed by atoms with van der Waals surface area (Å²) in [6, 6.07) is -0.149. The van der Waals surface area contributed by atoms with Gasteiger partial charge in [0, 0.05) is 19.7 Å². The largest absolute Gasteiger partial charge is 0.304 e. The Morgan fingerprint density at radius 2 is 2.45 bits per heavy atom. The highest BCUT2D eigenvalue weighted by atomic mass is 16.2. The number of carbonyl (C=O) groups is 1. The van der Waals surface area contributed by atoms with Crippen molar-refractivity contribution in [2.45, 2.75) is 18.5 Å². The second-order valence-corrected chi connectivity index (χ2v) is 2.79. The van der Waals surface area contributed by atoms with Crippen LogP contribution in [0.15, 0.2) is 9.98 Å². The van der Waals surface area contributed by atoms with Crippen LogP contribution in [0.4, 0.5) is 0 Å². The van der Waals surface area contributed by atoms with E-state index in [1.807, 2.05) is 0 Å². The third kappa shape index (κ3) is 0.859. The number of carbonyl (C=O) groups excluding carboxylic acids is 1. The molecule has 0 aliphatic carbocycles. The van der Waals surface area contributed by atoms with Gasteiger partial charge in [0.25, 0.3) is 5.91 Å². The van der Waals surface area contributed by atoms with E-state index in [1.54, 1.807) is 19.6 Å². The first kappa shape index (κ1) is 6.52. The lowest BCUT2D eigenvalue weighted by Gasteiger charge is -2.23. The van der Waals surface area contributed by atoms with Gasteiger partial charge in [0.15, 0.2) is 6.04 Å². The van der Waals surface area contributed by atoms with Gasteiger partial charge in [-0.05, 0) is 0 Å². The van der Waals surface area contributed by atoms with Crippen molar-refractivity contribution in [2.75, 3.05) is 7.05 Å². The fourth-order valence-electron chi connectivity index (χ4n) is 1.33. The van der Waals surface area contributed by atoms with Crippen LogP contribution in [0, 0.1) is 0 Å². The quantitative estimate of drug-likeness (QED) is 0.468. The summed E-state index contributed by atoms with van der Waals surface area (Å²) in [5, 5.41) is 0. The predicted molar refractivity (Wildman–Crippen MR) is 41.9 cm³/mol. The molecule has 0 radical (unpaired) electrons. The van der Waals surface area contributed by atoms with Crippen LogP contribution in [0.1, 0.15) is 6.42 Å². The molecular weight excluding hydrogens is 142 g/mol. The van der Waals surface area contributed by atoms with Gasteiger partial charge in [-0.25, -0.2) is 0 Å². The molecule has 0 aromatic heterocycles. The lowest BCUT2D eigenvalue weighted by molar-refractivity contribution is -0.128. The van der Waals surface area contributed by atoms with E-state index in [4.69, 9.17) is 0 Å². The SMILES string of the molecule is CN1C=NC2CC=NC2C1=O. The molecule has 58 valence electrons. The second-order valence-electron chi connectivity index (χ2n) is 2.79. The van der Waals surface area contributed by atoms with Crippen molar-refractivity contribution in [2.24, 2.45) is 9.98 Å². The zero-order chi connectivity index (χ0) is 7.84. The molecular formula is C7H9N3O. The monoisotopic (exact) mass is 151 g/mol. The molecule has 1 amide bonds. The summed E-state index contributed by atoms with van der Waals surface area (Å²) in [6.45, 7) is 0. The molecule has 0 spiro atoms. The topological polar surface area (TPSA) is 45.0 Å². The van der Waals surface area contributed by atoms with E-state index >= 15 is 0 Å². The molecule has 11 heavy (non-hydrogen) atoms. The number of fused-ring (bicyclic) bond motifs is 1. The molecule has 2 atom stereocenters. The van der Waals surface area contributed by atoms with Gasteiger partial charge in [0.05, 0.1) is 12.4 Å². The van der Waals surface area contributed by atoms with Crippen LogP contribution in [0.3, 0.4) is 0 Å². The zero-order valence-corrected chi connectivity index (χ0v) is 6.27. The molecule has 0 N–H and O–H groups in total. The summed E-state index contributed by atoms with van der Waals surface area (Å²) < 4.78 is 0. The summed E-state index contributed by atoms with van der Waals surface area (Å²) in [7, 11) is 1.70. The predicted octanol–water partition coefficient (Wildman–Crippen LogP) is -0.302. The minimum atomic E-state index is -0.231. The molecule has 2 unspecified atom stereocenters. The normalized spacial score (nSPS) is 34.6. The van der Waals surface area contributed by atoms with E-state index in [0.29, 0.717) is 0 Å². The molecule has 2 aliphatic heterocycles. The smallest absolute Gasteiger partial charge is 0.254 e. The highest BCUT2D eigenvalue weighted by Gasteiger charge is 2.34. The maximum atomic E-state index is 11.3. The molecule has 0 saturated heterocycles. The number of rotatable bonds is 0. The van der Waals surface area contributed by atoms with Crippen LogP contribution in [0.25, 0.3) is 0 Å². The third-order valence-electron chi connectivity index (χ3n) is 2.01. The van der Waals surface area contributed by atoms with E-state index in [9.17, 15) is 4.79 Å². The van der Waals surface area contributed by atoms with Gasteiger partial charge in [-0.3, -0.25) is 14.8 Å². The number of aliphatic imine (C=N–C) groups is 2. The van der Waals surface area contributed by atoms with Crippen molar-refractivity contribution in [1.82, 2.24) is 4.90 Å². The number of nitrogens with zero attached hydrogens (tertiary/aromatic N) is 3. The highest BCUT2D eigenvalue weighted by molar-refractivity contribution is 5.96. The highest BCUT2D eigenvalue weighted by Crippen LogP contribution is 2.18. The molecule has 4 nitrogen and oxygen atoms in total. The zero-order valence-electron chi connectivity index (χ0n) is 6.27. The molecule has 2 heterocycles. The van der Waals surface area contributed by atoms with Gasteiger partial charge in [-0.1, -0.05) is 0 Å². The van der Waals surface area contributed by atoms with Gasteiger partial charge < -0.3 is 4.90 Å². The first-order valence-corrected chi connectivity index (χ1v) is 3.60. The number of likely N-dealkylation sites (N-methyl/N-ethyl adjacent to an activating group) is 1.